The Kier molecular flexibility index (Phi) is 7.59. The van der Waals surface area contributed by atoms with E-state index >= 15 is 0 Å². The maximum atomic E-state index is 13.0. The summed E-state index contributed by atoms with van der Waals surface area (Å²) in [5, 5.41) is 8.14. The molecule has 0 aliphatic carbocycles. The molecule has 1 saturated heterocycles. The predicted octanol–water partition coefficient (Wildman–Crippen LogP) is 3.06. The average molecular weight is 426 g/mol. The smallest absolute Gasteiger partial charge is 0.321 e. The van der Waals surface area contributed by atoms with Gasteiger partial charge in [0, 0.05) is 25.3 Å². The number of carbonyl (C=O) groups is 3. The first-order chi connectivity index (χ1) is 14.9. The molecule has 164 valence electrons. The molecule has 1 atom stereocenters. The van der Waals surface area contributed by atoms with Gasteiger partial charge < -0.3 is 20.9 Å². The summed E-state index contributed by atoms with van der Waals surface area (Å²) in [6, 6.07) is 14.6. The van der Waals surface area contributed by atoms with Crippen molar-refractivity contribution in [3.8, 4) is 0 Å². The minimum absolute atomic E-state index is 0.193. The molecule has 0 aromatic heterocycles. The van der Waals surface area contributed by atoms with Gasteiger partial charge in [0.05, 0.1) is 6.04 Å². The van der Waals surface area contributed by atoms with Crippen LogP contribution in [0.1, 0.15) is 31.4 Å². The van der Waals surface area contributed by atoms with E-state index in [0.717, 1.165) is 18.4 Å². The van der Waals surface area contributed by atoms with Crippen LogP contribution in [0.5, 0.6) is 0 Å². The van der Waals surface area contributed by atoms with Gasteiger partial charge in [-0.15, -0.1) is 0 Å². The molecule has 31 heavy (non-hydrogen) atoms. The first-order valence-electron chi connectivity index (χ1n) is 10.4. The van der Waals surface area contributed by atoms with E-state index < -0.39 is 11.8 Å². The quantitative estimate of drug-likeness (QED) is 0.642. The van der Waals surface area contributed by atoms with Crippen molar-refractivity contribution in [2.75, 3.05) is 25.0 Å². The van der Waals surface area contributed by atoms with Gasteiger partial charge >= 0.3 is 17.8 Å². The van der Waals surface area contributed by atoms with Crippen LogP contribution in [-0.2, 0) is 9.59 Å². The summed E-state index contributed by atoms with van der Waals surface area (Å²) in [4.78, 5) is 38.3. The summed E-state index contributed by atoms with van der Waals surface area (Å²) in [6.45, 7) is 3.31. The summed E-state index contributed by atoms with van der Waals surface area (Å²) in [5.74, 6) is -1.48. The minimum atomic E-state index is -0.660. The average Bonchev–Trinajstić information content (AvgIpc) is 2.79. The molecule has 7 nitrogen and oxygen atoms in total. The molecule has 0 radical (unpaired) electrons. The number of piperidine rings is 1. The fourth-order valence-electron chi connectivity index (χ4n) is 3.48. The molecule has 1 aliphatic rings. The molecule has 0 unspecified atom stereocenters. The number of rotatable bonds is 5. The zero-order valence-corrected chi connectivity index (χ0v) is 17.4. The van der Waals surface area contributed by atoms with Crippen LogP contribution in [0, 0.1) is 11.7 Å². The first-order valence-corrected chi connectivity index (χ1v) is 10.4. The van der Waals surface area contributed by atoms with Gasteiger partial charge in [0.15, 0.2) is 0 Å². The Labute approximate surface area is 181 Å². The Morgan fingerprint density at radius 3 is 2.29 bits per heavy atom. The maximum Gasteiger partial charge on any atom is 0.321 e. The summed E-state index contributed by atoms with van der Waals surface area (Å²) in [7, 11) is 0. The van der Waals surface area contributed by atoms with Crippen LogP contribution in [0.3, 0.4) is 0 Å². The summed E-state index contributed by atoms with van der Waals surface area (Å²) in [5.41, 5.74) is 1.46. The van der Waals surface area contributed by atoms with E-state index in [0.29, 0.717) is 25.3 Å². The lowest BCUT2D eigenvalue weighted by Crippen LogP contribution is -2.46. The Bertz CT molecular complexity index is 897. The monoisotopic (exact) mass is 426 g/mol. The van der Waals surface area contributed by atoms with Crippen molar-refractivity contribution in [1.82, 2.24) is 15.5 Å². The van der Waals surface area contributed by atoms with Crippen LogP contribution in [-0.4, -0.2) is 42.4 Å². The SMILES string of the molecule is C[C@H](NC(=O)C(=O)NCC1CCN(C(=O)Nc2ccc(F)cc2)CC1)c1ccccc1. The van der Waals surface area contributed by atoms with E-state index in [1.54, 1.807) is 4.90 Å². The maximum absolute atomic E-state index is 13.0. The molecular weight excluding hydrogens is 399 g/mol. The molecule has 8 heteroatoms. The highest BCUT2D eigenvalue weighted by molar-refractivity contribution is 6.35. The van der Waals surface area contributed by atoms with Crippen LogP contribution < -0.4 is 16.0 Å². The first kappa shape index (κ1) is 22.3. The normalized spacial score (nSPS) is 15.1. The Balaban J connectivity index is 1.37. The second-order valence-corrected chi connectivity index (χ2v) is 7.68. The van der Waals surface area contributed by atoms with Crippen molar-refractivity contribution >= 4 is 23.5 Å². The largest absolute Gasteiger partial charge is 0.348 e. The third-order valence-electron chi connectivity index (χ3n) is 5.40. The van der Waals surface area contributed by atoms with Crippen LogP contribution in [0.15, 0.2) is 54.6 Å². The molecule has 1 fully saturated rings. The molecule has 0 saturated carbocycles. The van der Waals surface area contributed by atoms with E-state index in [1.807, 2.05) is 37.3 Å². The molecule has 0 spiro atoms. The number of hydrogen-bond acceptors (Lipinski definition) is 3. The molecule has 3 N–H and O–H groups in total. The second kappa shape index (κ2) is 10.6. The molecule has 0 bridgehead atoms. The number of carbonyl (C=O) groups excluding carboxylic acids is 3. The molecule has 2 aromatic rings. The zero-order chi connectivity index (χ0) is 22.2. The zero-order valence-electron chi connectivity index (χ0n) is 17.4. The summed E-state index contributed by atoms with van der Waals surface area (Å²) >= 11 is 0. The fourth-order valence-corrected chi connectivity index (χ4v) is 3.48. The second-order valence-electron chi connectivity index (χ2n) is 7.68. The van der Waals surface area contributed by atoms with Crippen LogP contribution in [0.25, 0.3) is 0 Å². The summed E-state index contributed by atoms with van der Waals surface area (Å²) in [6.07, 6.45) is 1.44. The molecule has 1 aliphatic heterocycles. The molecule has 1 heterocycles. The van der Waals surface area contributed by atoms with Crippen molar-refractivity contribution in [2.45, 2.75) is 25.8 Å². The fraction of sp³-hybridized carbons (Fsp3) is 0.348. The lowest BCUT2D eigenvalue weighted by atomic mass is 9.97. The number of likely N-dealkylation sites (tertiary alicyclic amines) is 1. The number of anilines is 1. The van der Waals surface area contributed by atoms with Gasteiger partial charge in [-0.05, 0) is 55.5 Å². The van der Waals surface area contributed by atoms with Crippen LogP contribution in [0.2, 0.25) is 0 Å². The Hall–Kier alpha value is -3.42. The lowest BCUT2D eigenvalue weighted by Gasteiger charge is -2.32. The standard InChI is InChI=1S/C23H27FN4O3/c1-16(18-5-3-2-4-6-18)26-22(30)21(29)25-15-17-11-13-28(14-12-17)23(31)27-20-9-7-19(24)8-10-20/h2-10,16-17H,11-15H2,1H3,(H,25,29)(H,26,30)(H,27,31)/t16-/m0/s1. The lowest BCUT2D eigenvalue weighted by molar-refractivity contribution is -0.139. The van der Waals surface area contributed by atoms with E-state index in [9.17, 15) is 18.8 Å². The van der Waals surface area contributed by atoms with E-state index in [-0.39, 0.29) is 23.8 Å². The van der Waals surface area contributed by atoms with Gasteiger partial charge in [0.25, 0.3) is 0 Å². The van der Waals surface area contributed by atoms with Crippen LogP contribution in [0.4, 0.5) is 14.9 Å². The van der Waals surface area contributed by atoms with Gasteiger partial charge in [-0.3, -0.25) is 9.59 Å². The number of nitrogens with one attached hydrogen (secondary N) is 3. The van der Waals surface area contributed by atoms with Crippen molar-refractivity contribution in [3.05, 3.63) is 66.0 Å². The van der Waals surface area contributed by atoms with Crippen molar-refractivity contribution in [3.63, 3.8) is 0 Å². The number of halogens is 1. The van der Waals surface area contributed by atoms with Gasteiger partial charge in [-0.2, -0.15) is 0 Å². The molecule has 2 aromatic carbocycles. The van der Waals surface area contributed by atoms with Gasteiger partial charge in [-0.25, -0.2) is 9.18 Å². The van der Waals surface area contributed by atoms with E-state index in [2.05, 4.69) is 16.0 Å². The number of benzene rings is 2. The highest BCUT2D eigenvalue weighted by Crippen LogP contribution is 2.18. The van der Waals surface area contributed by atoms with E-state index in [4.69, 9.17) is 0 Å². The van der Waals surface area contributed by atoms with Gasteiger partial charge in [0.2, 0.25) is 0 Å². The number of amides is 4. The molecule has 3 rings (SSSR count). The highest BCUT2D eigenvalue weighted by Gasteiger charge is 2.24. The van der Waals surface area contributed by atoms with Crippen molar-refractivity contribution < 1.29 is 18.8 Å². The Morgan fingerprint density at radius 2 is 1.65 bits per heavy atom. The highest BCUT2D eigenvalue weighted by atomic mass is 19.1. The minimum Gasteiger partial charge on any atom is -0.348 e. The number of nitrogens with zero attached hydrogens (tertiary/aromatic N) is 1. The van der Waals surface area contributed by atoms with Crippen LogP contribution >= 0.6 is 0 Å². The third-order valence-corrected chi connectivity index (χ3v) is 5.40. The van der Waals surface area contributed by atoms with Crippen molar-refractivity contribution in [2.24, 2.45) is 5.92 Å². The number of hydrogen-bond donors (Lipinski definition) is 3. The predicted molar refractivity (Wildman–Crippen MR) is 116 cm³/mol. The number of urea groups is 1. The molecule has 4 amide bonds. The topological polar surface area (TPSA) is 90.5 Å². The van der Waals surface area contributed by atoms with Gasteiger partial charge in [-0.1, -0.05) is 30.3 Å². The van der Waals surface area contributed by atoms with E-state index in [1.165, 1.54) is 24.3 Å². The van der Waals surface area contributed by atoms with Gasteiger partial charge in [0.1, 0.15) is 5.82 Å². The summed E-state index contributed by atoms with van der Waals surface area (Å²) < 4.78 is 13.0. The Morgan fingerprint density at radius 1 is 1.00 bits per heavy atom. The third kappa shape index (κ3) is 6.53. The molecular formula is C23H27FN4O3. The van der Waals surface area contributed by atoms with Crippen molar-refractivity contribution in [1.29, 1.82) is 0 Å².